The Labute approximate surface area is 175 Å². The van der Waals surface area contributed by atoms with Gasteiger partial charge in [-0.15, -0.1) is 11.3 Å². The molecule has 0 unspecified atom stereocenters. The van der Waals surface area contributed by atoms with E-state index in [1.54, 1.807) is 30.6 Å². The number of benzene rings is 1. The van der Waals surface area contributed by atoms with Crippen LogP contribution in [-0.4, -0.2) is 44.4 Å². The summed E-state index contributed by atoms with van der Waals surface area (Å²) in [5.41, 5.74) is 1.60. The van der Waals surface area contributed by atoms with Crippen LogP contribution in [0.3, 0.4) is 0 Å². The van der Waals surface area contributed by atoms with Gasteiger partial charge in [0.25, 0.3) is 0 Å². The molecule has 3 N–H and O–H groups in total. The number of rotatable bonds is 7. The Hall–Kier alpha value is -1.85. The highest BCUT2D eigenvalue weighted by atomic mass is 32.2. The van der Waals surface area contributed by atoms with Gasteiger partial charge in [-0.1, -0.05) is 0 Å². The number of piperidine rings is 1. The van der Waals surface area contributed by atoms with Crippen molar-refractivity contribution in [3.05, 3.63) is 40.3 Å². The molecule has 1 fully saturated rings. The molecule has 0 spiro atoms. The van der Waals surface area contributed by atoms with E-state index >= 15 is 0 Å². The van der Waals surface area contributed by atoms with Gasteiger partial charge in [-0.3, -0.25) is 9.69 Å². The van der Waals surface area contributed by atoms with Crippen molar-refractivity contribution >= 4 is 33.0 Å². The molecule has 1 saturated heterocycles. The molecule has 2 heterocycles. The number of sulfonamides is 1. The van der Waals surface area contributed by atoms with Crippen molar-refractivity contribution in [2.24, 2.45) is 11.1 Å². The summed E-state index contributed by atoms with van der Waals surface area (Å²) < 4.78 is 27.9. The van der Waals surface area contributed by atoms with Crippen LogP contribution in [-0.2, 0) is 26.1 Å². The number of likely N-dealkylation sites (tertiary alicyclic amines) is 1. The van der Waals surface area contributed by atoms with Gasteiger partial charge in [-0.2, -0.15) is 0 Å². The third kappa shape index (κ3) is 5.83. The molecule has 1 aromatic heterocycles. The fraction of sp³-hybridized carbons (Fsp3) is 0.474. The number of primary sulfonamides is 1. The number of thiazole rings is 1. The van der Waals surface area contributed by atoms with Crippen LogP contribution in [0, 0.1) is 5.92 Å². The number of anilines is 1. The predicted molar refractivity (Wildman–Crippen MR) is 112 cm³/mol. The van der Waals surface area contributed by atoms with Crippen LogP contribution in [0.2, 0.25) is 0 Å². The topological polar surface area (TPSA) is 115 Å². The van der Waals surface area contributed by atoms with Crippen LogP contribution in [0.5, 0.6) is 0 Å². The summed E-state index contributed by atoms with van der Waals surface area (Å²) >= 11 is 1.61. The molecule has 0 radical (unpaired) electrons. The van der Waals surface area contributed by atoms with Crippen molar-refractivity contribution in [1.82, 2.24) is 9.88 Å². The maximum absolute atomic E-state index is 12.5. The van der Waals surface area contributed by atoms with Crippen molar-refractivity contribution in [2.75, 3.05) is 25.5 Å². The lowest BCUT2D eigenvalue weighted by Gasteiger charge is -2.30. The number of nitrogens with zero attached hydrogens (tertiary/aromatic N) is 2. The summed E-state index contributed by atoms with van der Waals surface area (Å²) in [6, 6.07) is 5.88. The van der Waals surface area contributed by atoms with Crippen molar-refractivity contribution in [3.63, 3.8) is 0 Å². The van der Waals surface area contributed by atoms with E-state index in [4.69, 9.17) is 9.88 Å². The fourth-order valence-corrected chi connectivity index (χ4v) is 4.59. The van der Waals surface area contributed by atoms with Crippen molar-refractivity contribution in [2.45, 2.75) is 37.3 Å². The predicted octanol–water partition coefficient (Wildman–Crippen LogP) is 2.35. The molecule has 1 aliphatic heterocycles. The largest absolute Gasteiger partial charge is 0.375 e. The number of hydrogen-bond acceptors (Lipinski definition) is 7. The summed E-state index contributed by atoms with van der Waals surface area (Å²) in [6.07, 6.45) is 1.54. The van der Waals surface area contributed by atoms with Gasteiger partial charge in [0.2, 0.25) is 15.9 Å². The second kappa shape index (κ2) is 9.31. The average molecular weight is 439 g/mol. The number of carbonyl (C=O) groups excluding carboxylic acids is 1. The first-order valence-corrected chi connectivity index (χ1v) is 11.8. The van der Waals surface area contributed by atoms with Crippen molar-refractivity contribution in [3.8, 4) is 0 Å². The van der Waals surface area contributed by atoms with E-state index in [0.717, 1.165) is 43.2 Å². The van der Waals surface area contributed by atoms with Crippen LogP contribution >= 0.6 is 11.3 Å². The van der Waals surface area contributed by atoms with E-state index in [1.165, 1.54) is 12.1 Å². The van der Waals surface area contributed by atoms with Crippen LogP contribution in [0.15, 0.2) is 34.5 Å². The van der Waals surface area contributed by atoms with Gasteiger partial charge >= 0.3 is 0 Å². The Kier molecular flexibility index (Phi) is 7.01. The number of nitrogens with two attached hydrogens (primary N) is 1. The second-order valence-electron chi connectivity index (χ2n) is 7.16. The summed E-state index contributed by atoms with van der Waals surface area (Å²) in [7, 11) is -2.06. The molecule has 10 heteroatoms. The maximum atomic E-state index is 12.5. The van der Waals surface area contributed by atoms with Crippen molar-refractivity contribution < 1.29 is 17.9 Å². The second-order valence-corrected chi connectivity index (χ2v) is 9.62. The Morgan fingerprint density at radius 3 is 2.59 bits per heavy atom. The number of methoxy groups -OCH3 is 1. The van der Waals surface area contributed by atoms with E-state index in [-0.39, 0.29) is 22.8 Å². The summed E-state index contributed by atoms with van der Waals surface area (Å²) in [5.74, 6) is -0.110. The van der Waals surface area contributed by atoms with E-state index in [1.807, 2.05) is 6.92 Å². The molecule has 1 amide bonds. The van der Waals surface area contributed by atoms with E-state index in [2.05, 4.69) is 20.6 Å². The maximum Gasteiger partial charge on any atom is 0.238 e. The lowest BCUT2D eigenvalue weighted by Crippen LogP contribution is -2.37. The molecule has 2 aromatic rings. The molecule has 3 rings (SSSR count). The minimum absolute atomic E-state index is 0.00204. The number of amides is 1. The Balaban J connectivity index is 1.48. The summed E-state index contributed by atoms with van der Waals surface area (Å²) in [6.45, 7) is 4.41. The zero-order valence-corrected chi connectivity index (χ0v) is 18.1. The van der Waals surface area contributed by atoms with E-state index in [0.29, 0.717) is 5.69 Å². The molecule has 29 heavy (non-hydrogen) atoms. The van der Waals surface area contributed by atoms with Gasteiger partial charge in [0.1, 0.15) is 11.1 Å². The van der Waals surface area contributed by atoms with Crippen LogP contribution in [0.4, 0.5) is 5.69 Å². The number of ether oxygens (including phenoxy) is 1. The lowest BCUT2D eigenvalue weighted by atomic mass is 9.95. The first-order valence-electron chi connectivity index (χ1n) is 9.39. The molecule has 158 valence electrons. The van der Waals surface area contributed by atoms with Gasteiger partial charge in [0.15, 0.2) is 0 Å². The number of aromatic nitrogens is 1. The first-order chi connectivity index (χ1) is 13.8. The third-order valence-corrected chi connectivity index (χ3v) is 7.05. The number of carbonyl (C=O) groups is 1. The molecule has 1 atom stereocenters. The van der Waals surface area contributed by atoms with Gasteiger partial charge < -0.3 is 10.1 Å². The van der Waals surface area contributed by atoms with Gasteiger partial charge in [0.05, 0.1) is 10.6 Å². The lowest BCUT2D eigenvalue weighted by molar-refractivity contribution is -0.121. The third-order valence-electron chi connectivity index (χ3n) is 5.07. The smallest absolute Gasteiger partial charge is 0.238 e. The van der Waals surface area contributed by atoms with Crippen LogP contribution < -0.4 is 10.5 Å². The Morgan fingerprint density at radius 2 is 2.00 bits per heavy atom. The molecule has 0 aliphatic carbocycles. The quantitative estimate of drug-likeness (QED) is 0.686. The van der Waals surface area contributed by atoms with Crippen molar-refractivity contribution in [1.29, 1.82) is 0 Å². The Morgan fingerprint density at radius 1 is 1.34 bits per heavy atom. The monoisotopic (exact) mass is 438 g/mol. The number of nitrogens with one attached hydrogen (secondary N) is 1. The molecular formula is C19H26N4O4S2. The fourth-order valence-electron chi connectivity index (χ4n) is 3.24. The molecule has 0 saturated carbocycles. The average Bonchev–Trinajstić information content (AvgIpc) is 3.16. The highest BCUT2D eigenvalue weighted by Gasteiger charge is 2.25. The Bertz CT molecular complexity index is 935. The molecule has 1 aromatic carbocycles. The first kappa shape index (κ1) is 21.8. The zero-order valence-electron chi connectivity index (χ0n) is 16.5. The highest BCUT2D eigenvalue weighted by molar-refractivity contribution is 7.89. The SMILES string of the molecule is CO[C@H](C)c1nc(CN2CCC(C(=O)Nc3ccc(S(N)(=O)=O)cc3)CC2)cs1. The van der Waals surface area contributed by atoms with E-state index < -0.39 is 10.0 Å². The number of hydrogen-bond donors (Lipinski definition) is 2. The van der Waals surface area contributed by atoms with Crippen LogP contribution in [0.1, 0.15) is 36.6 Å². The van der Waals surface area contributed by atoms with Gasteiger partial charge in [-0.05, 0) is 57.1 Å². The summed E-state index contributed by atoms with van der Waals surface area (Å²) in [5, 5.41) is 11.0. The highest BCUT2D eigenvalue weighted by Crippen LogP contribution is 2.24. The molecule has 0 bridgehead atoms. The van der Waals surface area contributed by atoms with Gasteiger partial charge in [-0.25, -0.2) is 18.5 Å². The minimum Gasteiger partial charge on any atom is -0.375 e. The zero-order chi connectivity index (χ0) is 21.0. The minimum atomic E-state index is -3.74. The molecule has 1 aliphatic rings. The van der Waals surface area contributed by atoms with Gasteiger partial charge in [0, 0.05) is 30.6 Å². The summed E-state index contributed by atoms with van der Waals surface area (Å²) in [4.78, 5) is 19.5. The standard InChI is InChI=1S/C19H26N4O4S2/c1-13(27-2)19-22-16(12-28-19)11-23-9-7-14(8-10-23)18(24)21-15-3-5-17(6-4-15)29(20,25)26/h3-6,12-14H,7-11H2,1-2H3,(H,21,24)(H2,20,25,26)/t13-/m1/s1. The molecular weight excluding hydrogens is 412 g/mol. The van der Waals surface area contributed by atoms with Crippen LogP contribution in [0.25, 0.3) is 0 Å². The molecule has 8 nitrogen and oxygen atoms in total. The van der Waals surface area contributed by atoms with E-state index in [9.17, 15) is 13.2 Å². The normalized spacial score (nSPS) is 17.2.